The fraction of sp³-hybridized carbons (Fsp3) is 0.286. The van der Waals surface area contributed by atoms with Crippen LogP contribution in [-0.2, 0) is 6.42 Å². The standard InChI is InChI=1S/C14H13F2NO3/c1-7(2)5-11-12(14(18)19)13(17-20-11)9-4-3-8(15)6-10(9)16/h3-4,6-7H,5H2,1-2H3,(H,18,19). The van der Waals surface area contributed by atoms with Gasteiger partial charge in [0.2, 0.25) is 0 Å². The molecule has 2 rings (SSSR count). The van der Waals surface area contributed by atoms with Gasteiger partial charge >= 0.3 is 5.97 Å². The molecule has 1 heterocycles. The van der Waals surface area contributed by atoms with Gasteiger partial charge in [0, 0.05) is 18.1 Å². The lowest BCUT2D eigenvalue weighted by molar-refractivity contribution is 0.0695. The lowest BCUT2D eigenvalue weighted by Crippen LogP contribution is -2.04. The van der Waals surface area contributed by atoms with Crippen LogP contribution in [0.3, 0.4) is 0 Å². The summed E-state index contributed by atoms with van der Waals surface area (Å²) in [6.45, 7) is 3.79. The van der Waals surface area contributed by atoms with E-state index in [2.05, 4.69) is 5.16 Å². The molecular formula is C14H13F2NO3. The van der Waals surface area contributed by atoms with Gasteiger partial charge in [-0.15, -0.1) is 0 Å². The molecule has 0 unspecified atom stereocenters. The molecule has 0 aliphatic carbocycles. The number of carboxylic acids is 1. The Balaban J connectivity index is 2.56. The molecule has 1 aromatic carbocycles. The van der Waals surface area contributed by atoms with Crippen molar-refractivity contribution in [3.8, 4) is 11.3 Å². The predicted molar refractivity (Wildman–Crippen MR) is 67.4 cm³/mol. The van der Waals surface area contributed by atoms with Crippen LogP contribution in [0, 0.1) is 17.6 Å². The molecule has 2 aromatic rings. The maximum atomic E-state index is 13.7. The van der Waals surface area contributed by atoms with Gasteiger partial charge in [-0.05, 0) is 18.1 Å². The van der Waals surface area contributed by atoms with Crippen molar-refractivity contribution in [2.24, 2.45) is 5.92 Å². The maximum Gasteiger partial charge on any atom is 0.341 e. The maximum absolute atomic E-state index is 13.7. The molecule has 0 aliphatic heterocycles. The predicted octanol–water partition coefficient (Wildman–Crippen LogP) is 3.52. The highest BCUT2D eigenvalue weighted by Gasteiger charge is 2.25. The third-order valence-corrected chi connectivity index (χ3v) is 2.76. The Bertz CT molecular complexity index is 650. The number of carboxylic acid groups (broad SMARTS) is 1. The summed E-state index contributed by atoms with van der Waals surface area (Å²) in [6, 6.07) is 2.87. The zero-order valence-electron chi connectivity index (χ0n) is 11.0. The average Bonchev–Trinajstić information content (AvgIpc) is 2.71. The van der Waals surface area contributed by atoms with E-state index in [0.29, 0.717) is 12.5 Å². The summed E-state index contributed by atoms with van der Waals surface area (Å²) in [5, 5.41) is 12.9. The topological polar surface area (TPSA) is 63.3 Å². The van der Waals surface area contributed by atoms with Gasteiger partial charge < -0.3 is 9.63 Å². The molecule has 0 spiro atoms. The summed E-state index contributed by atoms with van der Waals surface area (Å²) in [4.78, 5) is 11.3. The largest absolute Gasteiger partial charge is 0.477 e. The smallest absolute Gasteiger partial charge is 0.341 e. The molecule has 6 heteroatoms. The van der Waals surface area contributed by atoms with Crippen LogP contribution in [0.15, 0.2) is 22.7 Å². The van der Waals surface area contributed by atoms with Crippen LogP contribution in [0.2, 0.25) is 0 Å². The zero-order chi connectivity index (χ0) is 14.9. The summed E-state index contributed by atoms with van der Waals surface area (Å²) in [5.74, 6) is -2.52. The first kappa shape index (κ1) is 14.2. The van der Waals surface area contributed by atoms with E-state index in [1.807, 2.05) is 13.8 Å². The van der Waals surface area contributed by atoms with E-state index in [0.717, 1.165) is 12.1 Å². The number of halogens is 2. The van der Waals surface area contributed by atoms with Gasteiger partial charge in [0.25, 0.3) is 0 Å². The van der Waals surface area contributed by atoms with Crippen LogP contribution in [0.25, 0.3) is 11.3 Å². The summed E-state index contributed by atoms with van der Waals surface area (Å²) in [5.41, 5.74) is -0.391. The molecule has 1 N–H and O–H groups in total. The van der Waals surface area contributed by atoms with Gasteiger partial charge in [0.1, 0.15) is 22.9 Å². The van der Waals surface area contributed by atoms with E-state index in [1.54, 1.807) is 0 Å². The highest BCUT2D eigenvalue weighted by atomic mass is 19.1. The molecule has 0 amide bonds. The molecule has 0 saturated carbocycles. The number of aromatic carboxylic acids is 1. The molecule has 0 aliphatic rings. The molecule has 0 radical (unpaired) electrons. The lowest BCUT2D eigenvalue weighted by Gasteiger charge is -2.03. The SMILES string of the molecule is CC(C)Cc1onc(-c2ccc(F)cc2F)c1C(=O)O. The van der Waals surface area contributed by atoms with Crippen LogP contribution in [0.1, 0.15) is 30.0 Å². The fourth-order valence-electron chi connectivity index (χ4n) is 1.92. The van der Waals surface area contributed by atoms with Crippen molar-refractivity contribution in [2.75, 3.05) is 0 Å². The molecule has 0 fully saturated rings. The van der Waals surface area contributed by atoms with E-state index in [-0.39, 0.29) is 28.5 Å². The van der Waals surface area contributed by atoms with Crippen LogP contribution in [0.4, 0.5) is 8.78 Å². The quantitative estimate of drug-likeness (QED) is 0.931. The number of rotatable bonds is 4. The summed E-state index contributed by atoms with van der Waals surface area (Å²) < 4.78 is 31.7. The second-order valence-electron chi connectivity index (χ2n) is 4.86. The van der Waals surface area contributed by atoms with Crippen molar-refractivity contribution in [1.82, 2.24) is 5.16 Å². The van der Waals surface area contributed by atoms with Crippen molar-refractivity contribution >= 4 is 5.97 Å². The number of aromatic nitrogens is 1. The summed E-state index contributed by atoms with van der Waals surface area (Å²) in [6.07, 6.45) is 0.372. The first-order valence-corrected chi connectivity index (χ1v) is 6.07. The van der Waals surface area contributed by atoms with Gasteiger partial charge in [-0.25, -0.2) is 13.6 Å². The van der Waals surface area contributed by atoms with Gasteiger partial charge in [0.15, 0.2) is 5.76 Å². The van der Waals surface area contributed by atoms with Crippen molar-refractivity contribution in [3.63, 3.8) is 0 Å². The van der Waals surface area contributed by atoms with E-state index in [1.165, 1.54) is 0 Å². The van der Waals surface area contributed by atoms with Crippen molar-refractivity contribution < 1.29 is 23.2 Å². The van der Waals surface area contributed by atoms with Crippen LogP contribution in [-0.4, -0.2) is 16.2 Å². The Morgan fingerprint density at radius 3 is 2.65 bits per heavy atom. The molecule has 0 bridgehead atoms. The molecule has 106 valence electrons. The molecular weight excluding hydrogens is 268 g/mol. The normalized spacial score (nSPS) is 11.1. The molecule has 20 heavy (non-hydrogen) atoms. The molecule has 1 aromatic heterocycles. The zero-order valence-corrected chi connectivity index (χ0v) is 11.0. The van der Waals surface area contributed by atoms with Crippen molar-refractivity contribution in [1.29, 1.82) is 0 Å². The van der Waals surface area contributed by atoms with Crippen LogP contribution >= 0.6 is 0 Å². The van der Waals surface area contributed by atoms with Crippen molar-refractivity contribution in [2.45, 2.75) is 20.3 Å². The molecule has 4 nitrogen and oxygen atoms in total. The van der Waals surface area contributed by atoms with Gasteiger partial charge in [-0.1, -0.05) is 19.0 Å². The van der Waals surface area contributed by atoms with Gasteiger partial charge in [-0.2, -0.15) is 0 Å². The second-order valence-corrected chi connectivity index (χ2v) is 4.86. The minimum atomic E-state index is -1.25. The number of benzene rings is 1. The van der Waals surface area contributed by atoms with Gasteiger partial charge in [-0.3, -0.25) is 0 Å². The summed E-state index contributed by atoms with van der Waals surface area (Å²) >= 11 is 0. The third-order valence-electron chi connectivity index (χ3n) is 2.76. The van der Waals surface area contributed by atoms with E-state index >= 15 is 0 Å². The first-order valence-electron chi connectivity index (χ1n) is 6.07. The Labute approximate surface area is 114 Å². The Kier molecular flexibility index (Phi) is 3.83. The highest BCUT2D eigenvalue weighted by molar-refractivity contribution is 5.95. The average molecular weight is 281 g/mol. The number of nitrogens with zero attached hydrogens (tertiary/aromatic N) is 1. The summed E-state index contributed by atoms with van der Waals surface area (Å²) in [7, 11) is 0. The Morgan fingerprint density at radius 1 is 1.40 bits per heavy atom. The monoisotopic (exact) mass is 281 g/mol. The van der Waals surface area contributed by atoms with Gasteiger partial charge in [0.05, 0.1) is 0 Å². The van der Waals surface area contributed by atoms with E-state index in [4.69, 9.17) is 4.52 Å². The van der Waals surface area contributed by atoms with E-state index < -0.39 is 17.6 Å². The first-order chi connectivity index (χ1) is 9.40. The number of hydrogen-bond acceptors (Lipinski definition) is 3. The highest BCUT2D eigenvalue weighted by Crippen LogP contribution is 2.29. The molecule has 0 saturated heterocycles. The van der Waals surface area contributed by atoms with Crippen molar-refractivity contribution in [3.05, 3.63) is 41.2 Å². The Hall–Kier alpha value is -2.24. The van der Waals surface area contributed by atoms with Crippen LogP contribution < -0.4 is 0 Å². The van der Waals surface area contributed by atoms with Crippen LogP contribution in [0.5, 0.6) is 0 Å². The fourth-order valence-corrected chi connectivity index (χ4v) is 1.92. The van der Waals surface area contributed by atoms with E-state index in [9.17, 15) is 18.7 Å². The number of hydrogen-bond donors (Lipinski definition) is 1. The number of carbonyl (C=O) groups is 1. The molecule has 0 atom stereocenters. The minimum absolute atomic E-state index is 0.0949. The Morgan fingerprint density at radius 2 is 2.10 bits per heavy atom. The minimum Gasteiger partial charge on any atom is -0.477 e. The lowest BCUT2D eigenvalue weighted by atomic mass is 10.0. The second kappa shape index (κ2) is 5.40. The third kappa shape index (κ3) is 2.68.